The summed E-state index contributed by atoms with van der Waals surface area (Å²) < 4.78 is 7.46. The van der Waals surface area contributed by atoms with Crippen molar-refractivity contribution in [3.63, 3.8) is 0 Å². The molecule has 3 rings (SSSR count). The molecular formula is C13H9BrN2O3. The lowest BCUT2D eigenvalue weighted by atomic mass is 10.1. The van der Waals surface area contributed by atoms with Crippen molar-refractivity contribution < 1.29 is 14.3 Å². The molecule has 19 heavy (non-hydrogen) atoms. The second-order valence-corrected chi connectivity index (χ2v) is 4.88. The molecule has 6 heteroatoms. The van der Waals surface area contributed by atoms with E-state index < -0.39 is 5.97 Å². The van der Waals surface area contributed by atoms with E-state index in [2.05, 4.69) is 21.0 Å². The monoisotopic (exact) mass is 320 g/mol. The molecule has 0 amide bonds. The Hall–Kier alpha value is -2.08. The van der Waals surface area contributed by atoms with Crippen LogP contribution in [0.5, 0.6) is 0 Å². The van der Waals surface area contributed by atoms with Gasteiger partial charge < -0.3 is 9.52 Å². The predicted molar refractivity (Wildman–Crippen MR) is 73.1 cm³/mol. The number of nitrogens with zero attached hydrogens (tertiary/aromatic N) is 2. The highest BCUT2D eigenvalue weighted by Crippen LogP contribution is 2.36. The maximum absolute atomic E-state index is 11.1. The Morgan fingerprint density at radius 3 is 2.84 bits per heavy atom. The molecule has 0 aliphatic heterocycles. The van der Waals surface area contributed by atoms with Gasteiger partial charge in [0.2, 0.25) is 0 Å². The molecule has 0 spiro atoms. The lowest BCUT2D eigenvalue weighted by Gasteiger charge is -1.99. The number of hydrogen-bond acceptors (Lipinski definition) is 3. The van der Waals surface area contributed by atoms with Crippen molar-refractivity contribution in [2.75, 3.05) is 0 Å². The summed E-state index contributed by atoms with van der Waals surface area (Å²) in [6.07, 6.45) is 1.61. The molecule has 96 valence electrons. The van der Waals surface area contributed by atoms with Crippen LogP contribution < -0.4 is 0 Å². The van der Waals surface area contributed by atoms with Gasteiger partial charge in [0.05, 0.1) is 10.2 Å². The summed E-state index contributed by atoms with van der Waals surface area (Å²) in [6.45, 7) is 0. The lowest BCUT2D eigenvalue weighted by Crippen LogP contribution is -1.99. The second-order valence-electron chi connectivity index (χ2n) is 4.09. The van der Waals surface area contributed by atoms with Crippen LogP contribution in [-0.4, -0.2) is 20.9 Å². The molecule has 2 heterocycles. The number of aryl methyl sites for hydroxylation is 1. The van der Waals surface area contributed by atoms with E-state index >= 15 is 0 Å². The van der Waals surface area contributed by atoms with E-state index in [-0.39, 0.29) is 5.69 Å². The van der Waals surface area contributed by atoms with Gasteiger partial charge in [0.1, 0.15) is 11.8 Å². The van der Waals surface area contributed by atoms with E-state index in [0.29, 0.717) is 10.2 Å². The van der Waals surface area contributed by atoms with Crippen LogP contribution in [-0.2, 0) is 7.05 Å². The fourth-order valence-corrected chi connectivity index (χ4v) is 2.81. The topological polar surface area (TPSA) is 68.3 Å². The molecule has 0 aliphatic rings. The average Bonchev–Trinajstić information content (AvgIpc) is 2.91. The standard InChI is InChI=1S/C13H9BrN2O3/c1-16-12(10(14)11(15-16)13(17)18)8-6-19-9-5-3-2-4-7(8)9/h2-6H,1H3,(H,17,18). The van der Waals surface area contributed by atoms with Gasteiger partial charge in [-0.25, -0.2) is 4.79 Å². The number of para-hydroxylation sites is 1. The molecule has 3 aromatic rings. The van der Waals surface area contributed by atoms with E-state index in [1.54, 1.807) is 13.3 Å². The third-order valence-corrected chi connectivity index (χ3v) is 3.68. The van der Waals surface area contributed by atoms with Gasteiger partial charge in [0, 0.05) is 18.0 Å². The van der Waals surface area contributed by atoms with Crippen LogP contribution in [0.1, 0.15) is 10.5 Å². The van der Waals surface area contributed by atoms with Crippen LogP contribution in [0.2, 0.25) is 0 Å². The summed E-state index contributed by atoms with van der Waals surface area (Å²) in [5.74, 6) is -1.07. The first-order valence-corrected chi connectivity index (χ1v) is 6.31. The Labute approximate surface area is 116 Å². The molecule has 2 aromatic heterocycles. The first-order chi connectivity index (χ1) is 9.09. The molecule has 1 N–H and O–H groups in total. The van der Waals surface area contributed by atoms with Gasteiger partial charge >= 0.3 is 5.97 Å². The molecule has 0 radical (unpaired) electrons. The largest absolute Gasteiger partial charge is 0.476 e. The summed E-state index contributed by atoms with van der Waals surface area (Å²) in [5, 5.41) is 14.0. The number of aromatic carboxylic acids is 1. The number of fused-ring (bicyclic) bond motifs is 1. The van der Waals surface area contributed by atoms with E-state index in [1.807, 2.05) is 24.3 Å². The van der Waals surface area contributed by atoms with Gasteiger partial charge in [-0.2, -0.15) is 5.10 Å². The number of furan rings is 1. The van der Waals surface area contributed by atoms with Crippen LogP contribution in [0, 0.1) is 0 Å². The van der Waals surface area contributed by atoms with Crippen molar-refractivity contribution >= 4 is 32.9 Å². The van der Waals surface area contributed by atoms with Crippen molar-refractivity contribution in [1.29, 1.82) is 0 Å². The van der Waals surface area contributed by atoms with Gasteiger partial charge in [-0.15, -0.1) is 0 Å². The Kier molecular flexibility index (Phi) is 2.67. The van der Waals surface area contributed by atoms with E-state index in [1.165, 1.54) is 4.68 Å². The highest BCUT2D eigenvalue weighted by Gasteiger charge is 2.22. The Bertz CT molecular complexity index is 788. The van der Waals surface area contributed by atoms with Crippen LogP contribution in [0.3, 0.4) is 0 Å². The molecule has 0 fully saturated rings. The summed E-state index contributed by atoms with van der Waals surface area (Å²) in [5.41, 5.74) is 2.23. The number of rotatable bonds is 2. The number of benzene rings is 1. The minimum atomic E-state index is -1.07. The normalized spacial score (nSPS) is 11.1. The zero-order valence-electron chi connectivity index (χ0n) is 9.92. The fraction of sp³-hybridized carbons (Fsp3) is 0.0769. The molecule has 5 nitrogen and oxygen atoms in total. The second kappa shape index (κ2) is 4.24. The van der Waals surface area contributed by atoms with Crippen LogP contribution >= 0.6 is 15.9 Å². The average molecular weight is 321 g/mol. The minimum absolute atomic E-state index is 0.0113. The van der Waals surface area contributed by atoms with E-state index in [4.69, 9.17) is 9.52 Å². The van der Waals surface area contributed by atoms with Gasteiger partial charge in [-0.3, -0.25) is 4.68 Å². The Morgan fingerprint density at radius 2 is 2.16 bits per heavy atom. The first kappa shape index (κ1) is 12.0. The molecule has 0 atom stereocenters. The zero-order chi connectivity index (χ0) is 13.6. The zero-order valence-corrected chi connectivity index (χ0v) is 11.5. The number of halogens is 1. The highest BCUT2D eigenvalue weighted by molar-refractivity contribution is 9.10. The summed E-state index contributed by atoms with van der Waals surface area (Å²) in [4.78, 5) is 11.1. The fourth-order valence-electron chi connectivity index (χ4n) is 2.09. The van der Waals surface area contributed by atoms with Gasteiger partial charge in [-0.1, -0.05) is 18.2 Å². The van der Waals surface area contributed by atoms with Crippen molar-refractivity contribution in [2.24, 2.45) is 7.05 Å². The molecule has 0 saturated heterocycles. The number of carbonyl (C=O) groups is 1. The predicted octanol–water partition coefficient (Wildman–Crippen LogP) is 3.29. The smallest absolute Gasteiger partial charge is 0.357 e. The third-order valence-electron chi connectivity index (χ3n) is 2.93. The van der Waals surface area contributed by atoms with Gasteiger partial charge in [-0.05, 0) is 22.0 Å². The first-order valence-electron chi connectivity index (χ1n) is 5.52. The summed E-state index contributed by atoms with van der Waals surface area (Å²) >= 11 is 3.30. The van der Waals surface area contributed by atoms with Gasteiger partial charge in [0.15, 0.2) is 5.69 Å². The number of aromatic nitrogens is 2. The molecular weight excluding hydrogens is 312 g/mol. The van der Waals surface area contributed by atoms with Crippen molar-refractivity contribution in [3.8, 4) is 11.3 Å². The van der Waals surface area contributed by atoms with Crippen LogP contribution in [0.15, 0.2) is 39.4 Å². The van der Waals surface area contributed by atoms with Crippen LogP contribution in [0.4, 0.5) is 0 Å². The van der Waals surface area contributed by atoms with E-state index in [9.17, 15) is 4.79 Å². The van der Waals surface area contributed by atoms with E-state index in [0.717, 1.165) is 16.5 Å². The molecule has 0 bridgehead atoms. The lowest BCUT2D eigenvalue weighted by molar-refractivity contribution is 0.0688. The number of carboxylic acids is 1. The molecule has 0 unspecified atom stereocenters. The third kappa shape index (κ3) is 1.76. The number of carboxylic acid groups (broad SMARTS) is 1. The Balaban J connectivity index is 2.30. The highest BCUT2D eigenvalue weighted by atomic mass is 79.9. The molecule has 0 aliphatic carbocycles. The van der Waals surface area contributed by atoms with Crippen molar-refractivity contribution in [2.45, 2.75) is 0 Å². The van der Waals surface area contributed by atoms with Gasteiger partial charge in [0.25, 0.3) is 0 Å². The van der Waals surface area contributed by atoms with Crippen LogP contribution in [0.25, 0.3) is 22.2 Å². The van der Waals surface area contributed by atoms with Crippen molar-refractivity contribution in [1.82, 2.24) is 9.78 Å². The maximum atomic E-state index is 11.1. The quantitative estimate of drug-likeness (QED) is 0.786. The minimum Gasteiger partial charge on any atom is -0.476 e. The summed E-state index contributed by atoms with van der Waals surface area (Å²) in [6, 6.07) is 7.58. The summed E-state index contributed by atoms with van der Waals surface area (Å²) in [7, 11) is 1.70. The Morgan fingerprint density at radius 1 is 1.42 bits per heavy atom. The molecule has 0 saturated carbocycles. The number of hydrogen-bond donors (Lipinski definition) is 1. The molecule has 1 aromatic carbocycles. The SMILES string of the molecule is Cn1nc(C(=O)O)c(Br)c1-c1coc2ccccc12. The maximum Gasteiger partial charge on any atom is 0.357 e. The van der Waals surface area contributed by atoms with Crippen molar-refractivity contribution in [3.05, 3.63) is 40.7 Å².